The maximum absolute atomic E-state index is 14.0. The number of piperidine rings is 1. The van der Waals surface area contributed by atoms with Crippen LogP contribution in [0.5, 0.6) is 0 Å². The molecule has 2 saturated heterocycles. The van der Waals surface area contributed by atoms with E-state index in [4.69, 9.17) is 5.73 Å². The van der Waals surface area contributed by atoms with E-state index < -0.39 is 0 Å². The Morgan fingerprint density at radius 3 is 2.48 bits per heavy atom. The molecule has 3 fully saturated rings. The van der Waals surface area contributed by atoms with Crippen molar-refractivity contribution in [3.63, 3.8) is 0 Å². The van der Waals surface area contributed by atoms with Gasteiger partial charge < -0.3 is 26.6 Å². The highest BCUT2D eigenvalue weighted by Gasteiger charge is 2.42. The quantitative estimate of drug-likeness (QED) is 0.442. The molecule has 7 unspecified atom stereocenters. The second-order valence-corrected chi connectivity index (χ2v) is 10.5. The zero-order valence-corrected chi connectivity index (χ0v) is 20.3. The number of carbonyl (C=O) groups excluding carboxylic acids is 1. The van der Waals surface area contributed by atoms with Crippen LogP contribution in [0.3, 0.4) is 0 Å². The number of rotatable bonds is 8. The molecule has 7 atom stereocenters. The summed E-state index contributed by atoms with van der Waals surface area (Å²) >= 11 is 0. The maximum Gasteiger partial charge on any atom is 0.240 e. The van der Waals surface area contributed by atoms with Crippen molar-refractivity contribution in [2.75, 3.05) is 20.1 Å². The minimum atomic E-state index is -0.0746. The average Bonchev–Trinajstić information content (AvgIpc) is 3.27. The summed E-state index contributed by atoms with van der Waals surface area (Å²) in [5, 5.41) is 10.8. The van der Waals surface area contributed by atoms with Gasteiger partial charge in [0, 0.05) is 43.3 Å². The number of hydrogen-bond donors (Lipinski definition) is 4. The Hall–Kier alpha value is -0.950. The summed E-state index contributed by atoms with van der Waals surface area (Å²) in [6.07, 6.45) is 9.30. The molecule has 0 spiro atoms. The number of nitrogens with two attached hydrogens (primary N) is 1. The molecule has 6 heteroatoms. The Labute approximate surface area is 190 Å². The number of hydrogen-bond acceptors (Lipinski definition) is 5. The van der Waals surface area contributed by atoms with Gasteiger partial charge in [0.15, 0.2) is 0 Å². The highest BCUT2D eigenvalue weighted by molar-refractivity contribution is 5.83. The molecule has 1 amide bonds. The average molecular weight is 434 g/mol. The van der Waals surface area contributed by atoms with Gasteiger partial charge in [-0.05, 0) is 71.8 Å². The van der Waals surface area contributed by atoms with Gasteiger partial charge in [0.2, 0.25) is 5.91 Å². The number of nitrogens with one attached hydrogen (secondary N) is 3. The second kappa shape index (κ2) is 11.3. The molecule has 2 heterocycles. The van der Waals surface area contributed by atoms with Crippen LogP contribution in [0.25, 0.3) is 0 Å². The van der Waals surface area contributed by atoms with E-state index in [-0.39, 0.29) is 24.2 Å². The van der Waals surface area contributed by atoms with Gasteiger partial charge in [-0.3, -0.25) is 4.79 Å². The Morgan fingerprint density at radius 2 is 1.84 bits per heavy atom. The van der Waals surface area contributed by atoms with Crippen molar-refractivity contribution < 1.29 is 4.79 Å². The number of amides is 1. The smallest absolute Gasteiger partial charge is 0.240 e. The summed E-state index contributed by atoms with van der Waals surface area (Å²) in [6.45, 7) is 12.4. The van der Waals surface area contributed by atoms with Crippen LogP contribution in [0.1, 0.15) is 72.1 Å². The van der Waals surface area contributed by atoms with Crippen molar-refractivity contribution in [2.24, 2.45) is 17.6 Å². The largest absolute Gasteiger partial charge is 0.337 e. The standard InChI is InChI=1S/C25H47N5O/c1-16(2)20-14-22(28-15-21(20)26)23-12-9-13-30(23)25(31)24(19-10-7-6-8-11-19)29-18(4)17(3)27-5/h17-24,27-29H,1,6-15,26H2,2-5H3. The van der Waals surface area contributed by atoms with E-state index in [1.54, 1.807) is 0 Å². The van der Waals surface area contributed by atoms with Crippen LogP contribution in [-0.4, -0.2) is 67.2 Å². The first kappa shape index (κ1) is 24.7. The van der Waals surface area contributed by atoms with Gasteiger partial charge in [-0.25, -0.2) is 0 Å². The lowest BCUT2D eigenvalue weighted by molar-refractivity contribution is -0.137. The Bertz CT molecular complexity index is 605. The molecule has 0 aromatic carbocycles. The SMILES string of the molecule is C=C(C)C1CC(C2CCCN2C(=O)C(NC(C)C(C)NC)C2CCCCC2)NCC1N. The van der Waals surface area contributed by atoms with Gasteiger partial charge in [0.1, 0.15) is 0 Å². The molecule has 0 aromatic heterocycles. The third-order valence-electron chi connectivity index (χ3n) is 8.36. The molecule has 2 aliphatic heterocycles. The maximum atomic E-state index is 14.0. The summed E-state index contributed by atoms with van der Waals surface area (Å²) in [5.41, 5.74) is 7.53. The highest BCUT2D eigenvalue weighted by atomic mass is 16.2. The van der Waals surface area contributed by atoms with Crippen LogP contribution in [-0.2, 0) is 4.79 Å². The van der Waals surface area contributed by atoms with E-state index in [1.807, 2.05) is 7.05 Å². The molecular weight excluding hydrogens is 386 g/mol. The third kappa shape index (κ3) is 5.89. The molecule has 3 aliphatic rings. The lowest BCUT2D eigenvalue weighted by Gasteiger charge is -2.43. The van der Waals surface area contributed by atoms with Crippen molar-refractivity contribution in [3.8, 4) is 0 Å². The lowest BCUT2D eigenvalue weighted by atomic mass is 9.80. The molecule has 1 saturated carbocycles. The predicted octanol–water partition coefficient (Wildman–Crippen LogP) is 2.39. The van der Waals surface area contributed by atoms with Gasteiger partial charge in [0.05, 0.1) is 6.04 Å². The van der Waals surface area contributed by atoms with E-state index in [9.17, 15) is 4.79 Å². The molecule has 3 rings (SSSR count). The molecule has 0 bridgehead atoms. The molecule has 6 nitrogen and oxygen atoms in total. The Morgan fingerprint density at radius 1 is 1.13 bits per heavy atom. The van der Waals surface area contributed by atoms with E-state index >= 15 is 0 Å². The first-order valence-electron chi connectivity index (χ1n) is 12.7. The number of carbonyl (C=O) groups is 1. The predicted molar refractivity (Wildman–Crippen MR) is 129 cm³/mol. The Kier molecular flexibility index (Phi) is 8.97. The van der Waals surface area contributed by atoms with Gasteiger partial charge >= 0.3 is 0 Å². The van der Waals surface area contributed by atoms with E-state index in [2.05, 4.69) is 48.2 Å². The summed E-state index contributed by atoms with van der Waals surface area (Å²) in [4.78, 5) is 16.2. The number of nitrogens with zero attached hydrogens (tertiary/aromatic N) is 1. The number of likely N-dealkylation sites (tertiary alicyclic amines) is 1. The van der Waals surface area contributed by atoms with Crippen LogP contribution in [0.4, 0.5) is 0 Å². The van der Waals surface area contributed by atoms with Crippen molar-refractivity contribution in [3.05, 3.63) is 12.2 Å². The highest BCUT2D eigenvalue weighted by Crippen LogP contribution is 2.33. The van der Waals surface area contributed by atoms with Crippen molar-refractivity contribution in [1.82, 2.24) is 20.9 Å². The fourth-order valence-electron chi connectivity index (χ4n) is 6.04. The van der Waals surface area contributed by atoms with Crippen molar-refractivity contribution in [2.45, 2.75) is 108 Å². The normalized spacial score (nSPS) is 33.1. The molecular formula is C25H47N5O. The van der Waals surface area contributed by atoms with Crippen LogP contribution in [0.2, 0.25) is 0 Å². The fraction of sp³-hybridized carbons (Fsp3) is 0.880. The molecule has 178 valence electrons. The van der Waals surface area contributed by atoms with E-state index in [1.165, 1.54) is 24.8 Å². The van der Waals surface area contributed by atoms with E-state index in [0.29, 0.717) is 29.8 Å². The zero-order chi connectivity index (χ0) is 22.5. The van der Waals surface area contributed by atoms with Crippen LogP contribution < -0.4 is 21.7 Å². The van der Waals surface area contributed by atoms with Crippen LogP contribution in [0, 0.1) is 11.8 Å². The first-order chi connectivity index (χ1) is 14.8. The van der Waals surface area contributed by atoms with Gasteiger partial charge in [-0.15, -0.1) is 0 Å². The molecule has 31 heavy (non-hydrogen) atoms. The fourth-order valence-corrected chi connectivity index (χ4v) is 6.04. The zero-order valence-electron chi connectivity index (χ0n) is 20.3. The summed E-state index contributed by atoms with van der Waals surface area (Å²) in [5.74, 6) is 1.12. The molecule has 5 N–H and O–H groups in total. The van der Waals surface area contributed by atoms with Gasteiger partial charge in [-0.2, -0.15) is 0 Å². The van der Waals surface area contributed by atoms with Crippen molar-refractivity contribution in [1.29, 1.82) is 0 Å². The van der Waals surface area contributed by atoms with Gasteiger partial charge in [0.25, 0.3) is 0 Å². The lowest BCUT2D eigenvalue weighted by Crippen LogP contribution is -2.61. The molecule has 1 aliphatic carbocycles. The monoisotopic (exact) mass is 433 g/mol. The summed E-state index contributed by atoms with van der Waals surface area (Å²) in [6, 6.07) is 1.21. The number of likely N-dealkylation sites (N-methyl/N-ethyl adjacent to an activating group) is 1. The summed E-state index contributed by atoms with van der Waals surface area (Å²) in [7, 11) is 1.99. The second-order valence-electron chi connectivity index (χ2n) is 10.5. The van der Waals surface area contributed by atoms with Crippen LogP contribution in [0.15, 0.2) is 12.2 Å². The molecule has 0 radical (unpaired) electrons. The first-order valence-corrected chi connectivity index (χ1v) is 12.7. The van der Waals surface area contributed by atoms with E-state index in [0.717, 1.165) is 45.2 Å². The third-order valence-corrected chi connectivity index (χ3v) is 8.36. The minimum Gasteiger partial charge on any atom is -0.337 e. The minimum absolute atomic E-state index is 0.0746. The van der Waals surface area contributed by atoms with Crippen LogP contribution >= 0.6 is 0 Å². The van der Waals surface area contributed by atoms with Gasteiger partial charge in [-0.1, -0.05) is 31.4 Å². The van der Waals surface area contributed by atoms with Crippen molar-refractivity contribution >= 4 is 5.91 Å². The molecule has 0 aromatic rings. The Balaban J connectivity index is 1.74. The summed E-state index contributed by atoms with van der Waals surface area (Å²) < 4.78 is 0. The topological polar surface area (TPSA) is 82.4 Å².